The highest BCUT2D eigenvalue weighted by Crippen LogP contribution is 2.31. The molecule has 114 valence electrons. The van der Waals surface area contributed by atoms with Gasteiger partial charge in [-0.25, -0.2) is 4.79 Å². The fraction of sp³-hybridized carbons (Fsp3) is 0.167. The van der Waals surface area contributed by atoms with Gasteiger partial charge in [-0.05, 0) is 39.5 Å². The van der Waals surface area contributed by atoms with Crippen molar-refractivity contribution in [3.05, 3.63) is 75.8 Å². The van der Waals surface area contributed by atoms with E-state index in [1.807, 2.05) is 54.6 Å². The second-order valence-electron chi connectivity index (χ2n) is 4.61. The zero-order valence-corrected chi connectivity index (χ0v) is 15.4. The molecular weight excluding hydrogens is 408 g/mol. The van der Waals surface area contributed by atoms with Gasteiger partial charge in [0.2, 0.25) is 0 Å². The lowest BCUT2D eigenvalue weighted by molar-refractivity contribution is -0.137. The van der Waals surface area contributed by atoms with E-state index in [1.165, 1.54) is 5.56 Å². The first-order chi connectivity index (χ1) is 10.7. The third-order valence-corrected chi connectivity index (χ3v) is 4.50. The second-order valence-corrected chi connectivity index (χ2v) is 5.96. The third-order valence-electron chi connectivity index (χ3n) is 3.13. The minimum Gasteiger partial charge on any atom is -0.462 e. The van der Waals surface area contributed by atoms with Crippen LogP contribution < -0.4 is 0 Å². The molecule has 2 aromatic rings. The number of rotatable bonds is 5. The summed E-state index contributed by atoms with van der Waals surface area (Å²) in [7, 11) is 0. The molecule has 0 aromatic heterocycles. The predicted molar refractivity (Wildman–Crippen MR) is 97.1 cm³/mol. The van der Waals surface area contributed by atoms with Gasteiger partial charge in [0.25, 0.3) is 0 Å². The smallest absolute Gasteiger partial charge is 0.345 e. The number of hydrogen-bond acceptors (Lipinski definition) is 2. The average Bonchev–Trinajstić information content (AvgIpc) is 2.57. The Morgan fingerprint density at radius 3 is 2.14 bits per heavy atom. The molecule has 0 N–H and O–H groups in total. The van der Waals surface area contributed by atoms with Crippen molar-refractivity contribution in [3.8, 4) is 0 Å². The summed E-state index contributed by atoms with van der Waals surface area (Å²) >= 11 is 6.86. The SMILES string of the molecule is CCOC(=O)/C(Br)=C(\c1ccccc1)c1ccc(CBr)cc1. The predicted octanol–water partition coefficient (Wildman–Crippen LogP) is 5.30. The number of carbonyl (C=O) groups excluding carboxylic acids is 1. The van der Waals surface area contributed by atoms with E-state index in [2.05, 4.69) is 31.9 Å². The molecule has 0 aliphatic heterocycles. The molecule has 0 saturated carbocycles. The lowest BCUT2D eigenvalue weighted by Crippen LogP contribution is -2.06. The van der Waals surface area contributed by atoms with Gasteiger partial charge in [0.05, 0.1) is 6.61 Å². The molecule has 0 radical (unpaired) electrons. The van der Waals surface area contributed by atoms with E-state index in [4.69, 9.17) is 4.74 Å². The van der Waals surface area contributed by atoms with Crippen molar-refractivity contribution in [2.24, 2.45) is 0 Å². The van der Waals surface area contributed by atoms with E-state index in [1.54, 1.807) is 6.92 Å². The Balaban J connectivity index is 2.54. The third kappa shape index (κ3) is 4.08. The quantitative estimate of drug-likeness (QED) is 0.370. The molecule has 4 heteroatoms. The van der Waals surface area contributed by atoms with Crippen LogP contribution >= 0.6 is 31.9 Å². The fourth-order valence-corrected chi connectivity index (χ4v) is 3.03. The molecule has 2 nitrogen and oxygen atoms in total. The highest BCUT2D eigenvalue weighted by molar-refractivity contribution is 9.12. The number of halogens is 2. The molecule has 0 spiro atoms. The first kappa shape index (κ1) is 17.0. The molecule has 2 aromatic carbocycles. The van der Waals surface area contributed by atoms with Crippen molar-refractivity contribution in [1.82, 2.24) is 0 Å². The summed E-state index contributed by atoms with van der Waals surface area (Å²) in [6.07, 6.45) is 0. The highest BCUT2D eigenvalue weighted by Gasteiger charge is 2.17. The van der Waals surface area contributed by atoms with Crippen LogP contribution in [-0.4, -0.2) is 12.6 Å². The van der Waals surface area contributed by atoms with E-state index >= 15 is 0 Å². The first-order valence-electron chi connectivity index (χ1n) is 6.95. The van der Waals surface area contributed by atoms with Crippen molar-refractivity contribution in [2.75, 3.05) is 6.61 Å². The van der Waals surface area contributed by atoms with Crippen molar-refractivity contribution in [2.45, 2.75) is 12.3 Å². The number of esters is 1. The summed E-state index contributed by atoms with van der Waals surface area (Å²) in [6.45, 7) is 2.14. The summed E-state index contributed by atoms with van der Waals surface area (Å²) in [4.78, 5) is 12.1. The average molecular weight is 424 g/mol. The van der Waals surface area contributed by atoms with Gasteiger partial charge < -0.3 is 4.74 Å². The molecule has 2 rings (SSSR count). The van der Waals surface area contributed by atoms with E-state index in [0.29, 0.717) is 11.1 Å². The maximum atomic E-state index is 12.1. The highest BCUT2D eigenvalue weighted by atomic mass is 79.9. The van der Waals surface area contributed by atoms with Crippen molar-refractivity contribution in [3.63, 3.8) is 0 Å². The second kappa shape index (κ2) is 8.30. The van der Waals surface area contributed by atoms with Gasteiger partial charge in [0.15, 0.2) is 0 Å². The Morgan fingerprint density at radius 1 is 1.00 bits per heavy atom. The maximum absolute atomic E-state index is 12.1. The van der Waals surface area contributed by atoms with Crippen LogP contribution in [-0.2, 0) is 14.9 Å². The number of alkyl halides is 1. The van der Waals surface area contributed by atoms with Gasteiger partial charge >= 0.3 is 5.97 Å². The molecule has 22 heavy (non-hydrogen) atoms. The zero-order valence-electron chi connectivity index (χ0n) is 12.2. The van der Waals surface area contributed by atoms with Crippen LogP contribution in [0.3, 0.4) is 0 Å². The Bertz CT molecular complexity index is 661. The summed E-state index contributed by atoms with van der Waals surface area (Å²) in [6, 6.07) is 17.9. The Labute approximate surface area is 147 Å². The molecule has 0 aliphatic carbocycles. The summed E-state index contributed by atoms with van der Waals surface area (Å²) in [5.41, 5.74) is 3.95. The van der Waals surface area contributed by atoms with Crippen molar-refractivity contribution < 1.29 is 9.53 Å². The van der Waals surface area contributed by atoms with Crippen LogP contribution in [0.1, 0.15) is 23.6 Å². The van der Waals surface area contributed by atoms with Crippen LogP contribution in [0, 0.1) is 0 Å². The molecule has 0 amide bonds. The van der Waals surface area contributed by atoms with Gasteiger partial charge in [0.1, 0.15) is 4.48 Å². The number of ether oxygens (including phenoxy) is 1. The molecule has 0 heterocycles. The Hall–Kier alpha value is -1.39. The van der Waals surface area contributed by atoms with Gasteiger partial charge in [-0.2, -0.15) is 0 Å². The largest absolute Gasteiger partial charge is 0.462 e. The Morgan fingerprint density at radius 2 is 1.59 bits per heavy atom. The lowest BCUT2D eigenvalue weighted by atomic mass is 9.97. The van der Waals surface area contributed by atoms with Gasteiger partial charge in [-0.3, -0.25) is 0 Å². The monoisotopic (exact) mass is 422 g/mol. The van der Waals surface area contributed by atoms with E-state index < -0.39 is 0 Å². The van der Waals surface area contributed by atoms with Crippen LogP contribution in [0.2, 0.25) is 0 Å². The van der Waals surface area contributed by atoms with Crippen LogP contribution in [0.15, 0.2) is 59.1 Å². The molecule has 0 saturated heterocycles. The molecule has 0 fully saturated rings. The van der Waals surface area contributed by atoms with E-state index in [9.17, 15) is 4.79 Å². The van der Waals surface area contributed by atoms with E-state index in [-0.39, 0.29) is 5.97 Å². The summed E-state index contributed by atoms with van der Waals surface area (Å²) in [5, 5.41) is 0.802. The topological polar surface area (TPSA) is 26.3 Å². The van der Waals surface area contributed by atoms with Crippen molar-refractivity contribution >= 4 is 43.4 Å². The van der Waals surface area contributed by atoms with E-state index in [0.717, 1.165) is 22.0 Å². The normalized spacial score (nSPS) is 11.8. The van der Waals surface area contributed by atoms with Gasteiger partial charge in [-0.1, -0.05) is 70.5 Å². The molecule has 0 bridgehead atoms. The van der Waals surface area contributed by atoms with Gasteiger partial charge in [0, 0.05) is 10.9 Å². The summed E-state index contributed by atoms with van der Waals surface area (Å²) < 4.78 is 5.56. The number of carbonyl (C=O) groups is 1. The molecule has 0 aliphatic rings. The maximum Gasteiger partial charge on any atom is 0.345 e. The fourth-order valence-electron chi connectivity index (χ4n) is 2.08. The first-order valence-corrected chi connectivity index (χ1v) is 8.86. The standard InChI is InChI=1S/C18H16Br2O2/c1-2-22-18(21)17(20)16(14-6-4-3-5-7-14)15-10-8-13(12-19)9-11-15/h3-11H,2,12H2,1H3/b17-16-. The van der Waals surface area contributed by atoms with Crippen molar-refractivity contribution in [1.29, 1.82) is 0 Å². The molecule has 0 atom stereocenters. The number of benzene rings is 2. The summed E-state index contributed by atoms with van der Waals surface area (Å²) in [5.74, 6) is -0.356. The van der Waals surface area contributed by atoms with Crippen LogP contribution in [0.4, 0.5) is 0 Å². The zero-order chi connectivity index (χ0) is 15.9. The number of hydrogen-bond donors (Lipinski definition) is 0. The molecular formula is C18H16Br2O2. The Kier molecular flexibility index (Phi) is 6.40. The minimum atomic E-state index is -0.356. The minimum absolute atomic E-state index is 0.346. The van der Waals surface area contributed by atoms with Crippen LogP contribution in [0.25, 0.3) is 5.57 Å². The van der Waals surface area contributed by atoms with Crippen LogP contribution in [0.5, 0.6) is 0 Å². The lowest BCUT2D eigenvalue weighted by Gasteiger charge is -2.12. The van der Waals surface area contributed by atoms with Gasteiger partial charge in [-0.15, -0.1) is 0 Å². The molecule has 0 unspecified atom stereocenters.